The van der Waals surface area contributed by atoms with Crippen molar-refractivity contribution in [2.75, 3.05) is 39.9 Å². The normalized spacial score (nSPS) is 20.0. The highest BCUT2D eigenvalue weighted by molar-refractivity contribution is 5.76. The molecule has 1 amide bonds. The number of carbonyl (C=O) groups excluding carboxylic acids is 1. The molecule has 29 heavy (non-hydrogen) atoms. The zero-order valence-corrected chi connectivity index (χ0v) is 17.2. The summed E-state index contributed by atoms with van der Waals surface area (Å²) in [6.45, 7) is 4.22. The van der Waals surface area contributed by atoms with Gasteiger partial charge in [0.2, 0.25) is 17.7 Å². The van der Waals surface area contributed by atoms with E-state index in [2.05, 4.69) is 22.1 Å². The van der Waals surface area contributed by atoms with Gasteiger partial charge in [-0.1, -0.05) is 18.2 Å². The number of aryl methyl sites for hydroxylation is 1. The third-order valence-corrected chi connectivity index (χ3v) is 6.41. The second-order valence-electron chi connectivity index (χ2n) is 8.11. The van der Waals surface area contributed by atoms with Crippen LogP contribution in [0.1, 0.15) is 38.0 Å². The molecule has 3 heterocycles. The van der Waals surface area contributed by atoms with Crippen LogP contribution < -0.4 is 0 Å². The maximum Gasteiger partial charge on any atom is 0.247 e. The number of aromatic nitrogens is 2. The Bertz CT molecular complexity index is 801. The highest BCUT2D eigenvalue weighted by atomic mass is 16.5. The van der Waals surface area contributed by atoms with E-state index in [4.69, 9.17) is 9.15 Å². The fourth-order valence-electron chi connectivity index (χ4n) is 4.39. The molecule has 0 saturated carbocycles. The van der Waals surface area contributed by atoms with Crippen LogP contribution in [-0.2, 0) is 16.0 Å². The van der Waals surface area contributed by atoms with Crippen molar-refractivity contribution in [3.8, 4) is 11.5 Å². The van der Waals surface area contributed by atoms with Gasteiger partial charge >= 0.3 is 0 Å². The van der Waals surface area contributed by atoms with Crippen LogP contribution in [0.3, 0.4) is 0 Å². The lowest BCUT2D eigenvalue weighted by Crippen LogP contribution is -2.50. The highest BCUT2D eigenvalue weighted by Gasteiger charge is 2.38. The van der Waals surface area contributed by atoms with E-state index in [9.17, 15) is 4.79 Å². The lowest BCUT2D eigenvalue weighted by atomic mass is 9.85. The predicted molar refractivity (Wildman–Crippen MR) is 109 cm³/mol. The number of hydrogen-bond acceptors (Lipinski definition) is 6. The molecule has 2 aromatic rings. The molecule has 0 atom stereocenters. The molecular weight excluding hydrogens is 368 g/mol. The molecule has 0 aliphatic carbocycles. The van der Waals surface area contributed by atoms with Crippen LogP contribution in [0.25, 0.3) is 11.5 Å². The molecule has 1 aromatic carbocycles. The van der Waals surface area contributed by atoms with Crippen LogP contribution in [-0.4, -0.2) is 71.3 Å². The zero-order valence-electron chi connectivity index (χ0n) is 17.2. The van der Waals surface area contributed by atoms with Crippen molar-refractivity contribution in [1.29, 1.82) is 0 Å². The van der Waals surface area contributed by atoms with Crippen LogP contribution in [0.2, 0.25) is 0 Å². The third-order valence-electron chi connectivity index (χ3n) is 6.41. The minimum Gasteiger partial charge on any atom is -0.421 e. The third kappa shape index (κ3) is 4.67. The van der Waals surface area contributed by atoms with Gasteiger partial charge in [0.25, 0.3) is 0 Å². The summed E-state index contributed by atoms with van der Waals surface area (Å²) in [4.78, 5) is 17.2. The van der Waals surface area contributed by atoms with Gasteiger partial charge in [-0.05, 0) is 44.9 Å². The number of nitrogens with zero attached hydrogens (tertiary/aromatic N) is 4. The van der Waals surface area contributed by atoms with E-state index in [0.717, 1.165) is 64.1 Å². The molecule has 2 aliphatic heterocycles. The van der Waals surface area contributed by atoms with Crippen molar-refractivity contribution in [2.45, 2.75) is 44.1 Å². The fraction of sp³-hybridized carbons (Fsp3) is 0.591. The largest absolute Gasteiger partial charge is 0.421 e. The maximum atomic E-state index is 12.8. The average molecular weight is 399 g/mol. The quantitative estimate of drug-likeness (QED) is 0.771. The molecule has 2 saturated heterocycles. The molecule has 0 unspecified atom stereocenters. The number of rotatable bonds is 5. The summed E-state index contributed by atoms with van der Waals surface area (Å²) in [7, 11) is 2.19. The summed E-state index contributed by atoms with van der Waals surface area (Å²) in [5, 5.41) is 8.24. The molecule has 7 heteroatoms. The van der Waals surface area contributed by atoms with E-state index >= 15 is 0 Å². The zero-order chi connectivity index (χ0) is 20.1. The average Bonchev–Trinajstić information content (AvgIpc) is 3.17. The number of benzene rings is 1. The van der Waals surface area contributed by atoms with Gasteiger partial charge in [-0.15, -0.1) is 10.2 Å². The summed E-state index contributed by atoms with van der Waals surface area (Å²) in [5.74, 6) is 1.35. The van der Waals surface area contributed by atoms with Gasteiger partial charge in [-0.3, -0.25) is 9.69 Å². The van der Waals surface area contributed by atoms with E-state index in [1.165, 1.54) is 0 Å². The van der Waals surface area contributed by atoms with E-state index < -0.39 is 0 Å². The van der Waals surface area contributed by atoms with Gasteiger partial charge < -0.3 is 14.1 Å². The van der Waals surface area contributed by atoms with Gasteiger partial charge in [-0.2, -0.15) is 0 Å². The van der Waals surface area contributed by atoms with Gasteiger partial charge in [0, 0.05) is 56.8 Å². The van der Waals surface area contributed by atoms with Crippen molar-refractivity contribution in [2.24, 2.45) is 0 Å². The van der Waals surface area contributed by atoms with Gasteiger partial charge in [0.1, 0.15) is 0 Å². The Morgan fingerprint density at radius 1 is 1.07 bits per heavy atom. The number of likely N-dealkylation sites (N-methyl/N-ethyl adjacent to an activating group) is 1. The van der Waals surface area contributed by atoms with Crippen LogP contribution in [0, 0.1) is 0 Å². The van der Waals surface area contributed by atoms with Crippen molar-refractivity contribution >= 4 is 5.91 Å². The standard InChI is InChI=1S/C22H30N4O3/c1-25-14-15-26(13-10-22(25)11-16-28-17-12-22)20(27)9-5-8-19-23-24-21(29-19)18-6-3-2-4-7-18/h2-4,6-7H,5,8-17H2,1H3. The van der Waals surface area contributed by atoms with Crippen LogP contribution in [0.4, 0.5) is 0 Å². The molecule has 1 aromatic heterocycles. The minimum absolute atomic E-state index is 0.199. The molecule has 0 radical (unpaired) electrons. The summed E-state index contributed by atoms with van der Waals surface area (Å²) >= 11 is 0. The predicted octanol–water partition coefficient (Wildman–Crippen LogP) is 2.77. The molecule has 2 aliphatic rings. The van der Waals surface area contributed by atoms with E-state index in [0.29, 0.717) is 24.6 Å². The van der Waals surface area contributed by atoms with Crippen LogP contribution >= 0.6 is 0 Å². The monoisotopic (exact) mass is 398 g/mol. The van der Waals surface area contributed by atoms with E-state index in [1.54, 1.807) is 0 Å². The Morgan fingerprint density at radius 3 is 2.66 bits per heavy atom. The second kappa shape index (κ2) is 9.05. The first kappa shape index (κ1) is 20.0. The lowest BCUT2D eigenvalue weighted by Gasteiger charge is -2.43. The lowest BCUT2D eigenvalue weighted by molar-refractivity contribution is -0.131. The van der Waals surface area contributed by atoms with Gasteiger partial charge in [0.05, 0.1) is 0 Å². The maximum absolute atomic E-state index is 12.8. The molecular formula is C22H30N4O3. The molecule has 1 spiro atoms. The molecule has 4 rings (SSSR count). The van der Waals surface area contributed by atoms with E-state index in [1.807, 2.05) is 35.2 Å². The summed E-state index contributed by atoms with van der Waals surface area (Å²) in [6.07, 6.45) is 5.02. The Hall–Kier alpha value is -2.25. The van der Waals surface area contributed by atoms with Crippen molar-refractivity contribution in [1.82, 2.24) is 20.0 Å². The number of ether oxygens (including phenoxy) is 1. The van der Waals surface area contributed by atoms with E-state index in [-0.39, 0.29) is 11.4 Å². The number of carbonyl (C=O) groups is 1. The Labute approximate surface area is 172 Å². The van der Waals surface area contributed by atoms with Crippen LogP contribution in [0.5, 0.6) is 0 Å². The first-order valence-electron chi connectivity index (χ1n) is 10.6. The molecule has 0 bridgehead atoms. The summed E-state index contributed by atoms with van der Waals surface area (Å²) in [6, 6.07) is 9.74. The number of hydrogen-bond donors (Lipinski definition) is 0. The Balaban J connectivity index is 1.26. The first-order chi connectivity index (χ1) is 14.2. The molecule has 0 N–H and O–H groups in total. The van der Waals surface area contributed by atoms with Crippen molar-refractivity contribution in [3.63, 3.8) is 0 Å². The topological polar surface area (TPSA) is 71.7 Å². The smallest absolute Gasteiger partial charge is 0.247 e. The summed E-state index contributed by atoms with van der Waals surface area (Å²) < 4.78 is 11.3. The van der Waals surface area contributed by atoms with Gasteiger partial charge in [-0.25, -0.2) is 0 Å². The SMILES string of the molecule is CN1CCN(C(=O)CCCc2nnc(-c3ccccc3)o2)CCC12CCOCC2. The Kier molecular flexibility index (Phi) is 6.25. The fourth-order valence-corrected chi connectivity index (χ4v) is 4.39. The molecule has 156 valence electrons. The minimum atomic E-state index is 0.199. The first-order valence-corrected chi connectivity index (χ1v) is 10.6. The highest BCUT2D eigenvalue weighted by Crippen LogP contribution is 2.32. The molecule has 7 nitrogen and oxygen atoms in total. The van der Waals surface area contributed by atoms with Gasteiger partial charge in [0.15, 0.2) is 0 Å². The van der Waals surface area contributed by atoms with Crippen molar-refractivity contribution < 1.29 is 13.9 Å². The number of amides is 1. The second-order valence-corrected chi connectivity index (χ2v) is 8.11. The van der Waals surface area contributed by atoms with Crippen molar-refractivity contribution in [3.05, 3.63) is 36.2 Å². The van der Waals surface area contributed by atoms with Crippen LogP contribution in [0.15, 0.2) is 34.7 Å². The summed E-state index contributed by atoms with van der Waals surface area (Å²) in [5.41, 5.74) is 1.11. The molecule has 2 fully saturated rings. The Morgan fingerprint density at radius 2 is 1.86 bits per heavy atom.